The third-order valence-corrected chi connectivity index (χ3v) is 6.43. The van der Waals surface area contributed by atoms with E-state index >= 15 is 0 Å². The van der Waals surface area contributed by atoms with Crippen molar-refractivity contribution in [2.75, 3.05) is 27.2 Å². The van der Waals surface area contributed by atoms with E-state index in [0.29, 0.717) is 22.9 Å². The molecule has 0 amide bonds. The summed E-state index contributed by atoms with van der Waals surface area (Å²) in [5.74, 6) is -0.0329. The number of benzene rings is 2. The van der Waals surface area contributed by atoms with Crippen LogP contribution in [-0.4, -0.2) is 52.7 Å². The Morgan fingerprint density at radius 2 is 2.12 bits per heavy atom. The summed E-state index contributed by atoms with van der Waals surface area (Å²) in [4.78, 5) is 15.7. The number of carbonyl (C=O) groups excluding carboxylic acids is 1. The van der Waals surface area contributed by atoms with Crippen molar-refractivity contribution in [1.29, 1.82) is 0 Å². The minimum Gasteiger partial charge on any atom is -0.493 e. The highest BCUT2D eigenvalue weighted by molar-refractivity contribution is 6.32. The molecule has 1 atom stereocenters. The summed E-state index contributed by atoms with van der Waals surface area (Å²) in [5, 5.41) is 8.13. The number of Topliss-reactive ketones (excluding diaryl/α,β-unsaturated/α-hetero) is 1. The van der Waals surface area contributed by atoms with Crippen LogP contribution in [0.1, 0.15) is 15.9 Å². The number of aromatic nitrogens is 3. The van der Waals surface area contributed by atoms with E-state index in [-0.39, 0.29) is 36.5 Å². The van der Waals surface area contributed by atoms with Crippen LogP contribution in [0.2, 0.25) is 5.15 Å². The van der Waals surface area contributed by atoms with Gasteiger partial charge in [0.25, 0.3) is 0 Å². The van der Waals surface area contributed by atoms with Gasteiger partial charge in [-0.2, -0.15) is 5.10 Å². The number of nitrogens with one attached hydrogen (secondary N) is 1. The standard InChI is InChI=1S/C25H24ClFN4O2.ClH/c1-30(2)7-8-31-13-21(19-5-3-15(11-22(19)31)20-12-28-29-25(20)26)24(32)17-9-16-10-18(27)4-6-23(16)33-14-17;/h3-6,10-13,17H,7-9,14H2,1-2H3,(H,28,29);1H/t17-;/m0./s1. The summed E-state index contributed by atoms with van der Waals surface area (Å²) in [5.41, 5.74) is 4.08. The van der Waals surface area contributed by atoms with Crippen molar-refractivity contribution >= 4 is 40.7 Å². The van der Waals surface area contributed by atoms with Gasteiger partial charge < -0.3 is 14.2 Å². The number of likely N-dealkylation sites (N-methyl/N-ethyl adjacent to an activating group) is 1. The van der Waals surface area contributed by atoms with Gasteiger partial charge in [0.1, 0.15) is 16.7 Å². The van der Waals surface area contributed by atoms with E-state index < -0.39 is 0 Å². The summed E-state index contributed by atoms with van der Waals surface area (Å²) in [6, 6.07) is 10.4. The largest absolute Gasteiger partial charge is 0.493 e. The monoisotopic (exact) mass is 502 g/mol. The first-order valence-corrected chi connectivity index (χ1v) is 11.2. The van der Waals surface area contributed by atoms with Crippen molar-refractivity contribution in [2.24, 2.45) is 5.92 Å². The minimum atomic E-state index is -0.366. The molecule has 9 heteroatoms. The van der Waals surface area contributed by atoms with Crippen LogP contribution < -0.4 is 4.74 Å². The van der Waals surface area contributed by atoms with Gasteiger partial charge in [-0.25, -0.2) is 4.39 Å². The minimum absolute atomic E-state index is 0. The number of nitrogens with zero attached hydrogens (tertiary/aromatic N) is 3. The van der Waals surface area contributed by atoms with Crippen molar-refractivity contribution in [1.82, 2.24) is 19.7 Å². The van der Waals surface area contributed by atoms with E-state index in [1.165, 1.54) is 12.1 Å². The number of halogens is 3. The number of hydrogen-bond donors (Lipinski definition) is 1. The van der Waals surface area contributed by atoms with Crippen molar-refractivity contribution in [3.63, 3.8) is 0 Å². The van der Waals surface area contributed by atoms with Crippen molar-refractivity contribution in [2.45, 2.75) is 13.0 Å². The predicted octanol–water partition coefficient (Wildman–Crippen LogP) is 5.24. The van der Waals surface area contributed by atoms with Gasteiger partial charge >= 0.3 is 0 Å². The summed E-state index contributed by atoms with van der Waals surface area (Å²) in [6.45, 7) is 1.84. The molecule has 178 valence electrons. The Kier molecular flexibility index (Phi) is 6.98. The maximum Gasteiger partial charge on any atom is 0.171 e. The smallest absolute Gasteiger partial charge is 0.171 e. The summed E-state index contributed by atoms with van der Waals surface area (Å²) in [7, 11) is 4.04. The van der Waals surface area contributed by atoms with E-state index in [1.54, 1.807) is 12.3 Å². The molecule has 0 bridgehead atoms. The van der Waals surface area contributed by atoms with E-state index in [2.05, 4.69) is 19.7 Å². The molecule has 2 aromatic heterocycles. The van der Waals surface area contributed by atoms with Crippen LogP contribution in [0, 0.1) is 11.7 Å². The maximum absolute atomic E-state index is 13.7. The van der Waals surface area contributed by atoms with Gasteiger partial charge in [0.2, 0.25) is 0 Å². The first-order chi connectivity index (χ1) is 15.9. The number of ether oxygens (including phenoxy) is 1. The van der Waals surface area contributed by atoms with E-state index in [0.717, 1.165) is 40.7 Å². The Morgan fingerprint density at radius 1 is 1.29 bits per heavy atom. The number of hydrogen-bond acceptors (Lipinski definition) is 4. The number of ketones is 1. The fourth-order valence-electron chi connectivity index (χ4n) is 4.37. The molecule has 1 aliphatic heterocycles. The molecule has 0 saturated heterocycles. The zero-order chi connectivity index (χ0) is 23.1. The van der Waals surface area contributed by atoms with Crippen molar-refractivity contribution in [3.8, 4) is 16.9 Å². The molecule has 0 aliphatic carbocycles. The number of rotatable bonds is 6. The summed E-state index contributed by atoms with van der Waals surface area (Å²) in [6.07, 6.45) is 4.08. The van der Waals surface area contributed by atoms with Gasteiger partial charge in [0, 0.05) is 41.3 Å². The van der Waals surface area contributed by atoms with Gasteiger partial charge in [-0.1, -0.05) is 23.7 Å². The van der Waals surface area contributed by atoms with Crippen LogP contribution in [-0.2, 0) is 13.0 Å². The highest BCUT2D eigenvalue weighted by atomic mass is 35.5. The molecule has 0 radical (unpaired) electrons. The first-order valence-electron chi connectivity index (χ1n) is 10.8. The zero-order valence-corrected chi connectivity index (χ0v) is 20.4. The van der Waals surface area contributed by atoms with Crippen LogP contribution in [0.4, 0.5) is 4.39 Å². The second-order valence-corrected chi connectivity index (χ2v) is 9.08. The lowest BCUT2D eigenvalue weighted by molar-refractivity contribution is 0.0856. The Morgan fingerprint density at radius 3 is 2.85 bits per heavy atom. The van der Waals surface area contributed by atoms with Gasteiger partial charge in [0.05, 0.1) is 18.7 Å². The lowest BCUT2D eigenvalue weighted by Gasteiger charge is -2.24. The van der Waals surface area contributed by atoms with E-state index in [1.807, 2.05) is 38.5 Å². The van der Waals surface area contributed by atoms with Crippen LogP contribution >= 0.6 is 24.0 Å². The highest BCUT2D eigenvalue weighted by Gasteiger charge is 2.29. The zero-order valence-electron chi connectivity index (χ0n) is 18.8. The number of aromatic amines is 1. The second kappa shape index (κ2) is 9.78. The topological polar surface area (TPSA) is 63.1 Å². The molecule has 0 spiro atoms. The van der Waals surface area contributed by atoms with Crippen LogP contribution in [0.15, 0.2) is 48.8 Å². The fourth-order valence-corrected chi connectivity index (χ4v) is 4.58. The molecule has 3 heterocycles. The van der Waals surface area contributed by atoms with Gasteiger partial charge in [-0.05, 0) is 55.9 Å². The van der Waals surface area contributed by atoms with Gasteiger partial charge in [-0.15, -0.1) is 12.4 Å². The lowest BCUT2D eigenvalue weighted by atomic mass is 9.89. The van der Waals surface area contributed by atoms with Crippen LogP contribution in [0.5, 0.6) is 5.75 Å². The Labute approximate surface area is 208 Å². The SMILES string of the molecule is CN(C)CCn1cc(C(=O)[C@@H]2COc3ccc(F)cc3C2)c2ccc(-c3cn[nH]c3Cl)cc21.Cl. The number of fused-ring (bicyclic) bond motifs is 2. The van der Waals surface area contributed by atoms with Gasteiger partial charge in [-0.3, -0.25) is 9.89 Å². The first kappa shape index (κ1) is 24.3. The average molecular weight is 503 g/mol. The third kappa shape index (κ3) is 4.56. The Balaban J connectivity index is 0.00000274. The van der Waals surface area contributed by atoms with Crippen molar-refractivity contribution in [3.05, 3.63) is 70.9 Å². The molecule has 1 aliphatic rings. The van der Waals surface area contributed by atoms with Crippen LogP contribution in [0.3, 0.4) is 0 Å². The summed E-state index contributed by atoms with van der Waals surface area (Å²) < 4.78 is 21.6. The molecule has 4 aromatic rings. The fraction of sp³-hybridized carbons (Fsp3) is 0.280. The van der Waals surface area contributed by atoms with E-state index in [9.17, 15) is 9.18 Å². The molecule has 0 unspecified atom stereocenters. The molecule has 0 saturated carbocycles. The molecule has 0 fully saturated rings. The molecule has 34 heavy (non-hydrogen) atoms. The Hall–Kier alpha value is -2.87. The normalized spacial score (nSPS) is 15.1. The van der Waals surface area contributed by atoms with Crippen molar-refractivity contribution < 1.29 is 13.9 Å². The molecular formula is C25H25Cl2FN4O2. The number of carbonyl (C=O) groups is 1. The molecule has 5 rings (SSSR count). The number of H-pyrrole nitrogens is 1. The van der Waals surface area contributed by atoms with E-state index in [4.69, 9.17) is 16.3 Å². The second-order valence-electron chi connectivity index (χ2n) is 8.70. The highest BCUT2D eigenvalue weighted by Crippen LogP contribution is 2.34. The predicted molar refractivity (Wildman–Crippen MR) is 134 cm³/mol. The summed E-state index contributed by atoms with van der Waals surface area (Å²) >= 11 is 6.25. The van der Waals surface area contributed by atoms with Gasteiger partial charge in [0.15, 0.2) is 5.78 Å². The Bertz CT molecular complexity index is 1350. The molecule has 2 aromatic carbocycles. The molecule has 1 N–H and O–H groups in total. The molecular weight excluding hydrogens is 478 g/mol. The molecule has 6 nitrogen and oxygen atoms in total. The maximum atomic E-state index is 13.7. The lowest BCUT2D eigenvalue weighted by Crippen LogP contribution is -2.28. The van der Waals surface area contributed by atoms with Crippen LogP contribution in [0.25, 0.3) is 22.0 Å². The average Bonchev–Trinajstić information content (AvgIpc) is 3.39. The quantitative estimate of drug-likeness (QED) is 0.366. The third-order valence-electron chi connectivity index (χ3n) is 6.14.